The number of fused-ring (bicyclic) bond motifs is 2. The van der Waals surface area contributed by atoms with Crippen LogP contribution in [0.4, 0.5) is 5.69 Å². The summed E-state index contributed by atoms with van der Waals surface area (Å²) in [7, 11) is 0. The lowest BCUT2D eigenvalue weighted by molar-refractivity contribution is 0.0983. The van der Waals surface area contributed by atoms with Crippen molar-refractivity contribution < 1.29 is 4.79 Å². The monoisotopic (exact) mass is 336 g/mol. The Morgan fingerprint density at radius 1 is 1.04 bits per heavy atom. The van der Waals surface area contributed by atoms with Gasteiger partial charge in [-0.15, -0.1) is 0 Å². The van der Waals surface area contributed by atoms with E-state index in [2.05, 4.69) is 33.3 Å². The van der Waals surface area contributed by atoms with Gasteiger partial charge in [0.15, 0.2) is 5.69 Å². The van der Waals surface area contributed by atoms with Gasteiger partial charge in [0.05, 0.1) is 0 Å². The summed E-state index contributed by atoms with van der Waals surface area (Å²) in [5, 5.41) is 7.41. The largest absolute Gasteiger partial charge is 0.306 e. The topological polar surface area (TPSA) is 52.2 Å². The van der Waals surface area contributed by atoms with E-state index in [1.165, 1.54) is 37.1 Å². The molecule has 2 aromatic rings. The number of hydrogen-bond donors (Lipinski definition) is 1. The fourth-order valence-electron chi connectivity index (χ4n) is 4.67. The summed E-state index contributed by atoms with van der Waals surface area (Å²) >= 11 is 0. The molecular formula is C20H24N4O. The Morgan fingerprint density at radius 2 is 1.92 bits per heavy atom. The van der Waals surface area contributed by atoms with Crippen LogP contribution in [0, 0.1) is 0 Å². The van der Waals surface area contributed by atoms with Crippen molar-refractivity contribution in [1.82, 2.24) is 15.1 Å². The zero-order valence-corrected chi connectivity index (χ0v) is 14.6. The fourth-order valence-corrected chi connectivity index (χ4v) is 4.67. The predicted molar refractivity (Wildman–Crippen MR) is 96.9 cm³/mol. The third kappa shape index (κ3) is 2.49. The first kappa shape index (κ1) is 15.1. The predicted octanol–water partition coefficient (Wildman–Crippen LogP) is 2.70. The molecule has 5 rings (SSSR count). The number of aromatic nitrogens is 2. The number of benzene rings is 1. The summed E-state index contributed by atoms with van der Waals surface area (Å²) in [6.07, 6.45) is 6.70. The Bertz CT molecular complexity index is 819. The molecule has 0 radical (unpaired) electrons. The molecule has 3 heterocycles. The van der Waals surface area contributed by atoms with Crippen LogP contribution in [-0.2, 0) is 25.8 Å². The number of anilines is 1. The van der Waals surface area contributed by atoms with Gasteiger partial charge in [0.25, 0.3) is 5.91 Å². The van der Waals surface area contributed by atoms with Gasteiger partial charge in [-0.3, -0.25) is 14.8 Å². The van der Waals surface area contributed by atoms with Crippen LogP contribution in [0.1, 0.15) is 52.1 Å². The lowest BCUT2D eigenvalue weighted by Crippen LogP contribution is -2.30. The highest BCUT2D eigenvalue weighted by Gasteiger charge is 2.32. The molecule has 25 heavy (non-hydrogen) atoms. The molecule has 1 aromatic heterocycles. The fraction of sp³-hybridized carbons (Fsp3) is 0.500. The second kappa shape index (κ2) is 5.99. The Kier molecular flexibility index (Phi) is 3.63. The van der Waals surface area contributed by atoms with E-state index < -0.39 is 0 Å². The average molecular weight is 336 g/mol. The van der Waals surface area contributed by atoms with Crippen LogP contribution in [0.5, 0.6) is 0 Å². The van der Waals surface area contributed by atoms with Gasteiger partial charge in [-0.05, 0) is 68.8 Å². The second-order valence-corrected chi connectivity index (χ2v) is 7.49. The maximum atomic E-state index is 13.1. The van der Waals surface area contributed by atoms with E-state index in [1.54, 1.807) is 0 Å². The molecule has 0 bridgehead atoms. The van der Waals surface area contributed by atoms with Gasteiger partial charge in [-0.1, -0.05) is 12.1 Å². The molecule has 0 saturated carbocycles. The van der Waals surface area contributed by atoms with Crippen LogP contribution in [-0.4, -0.2) is 40.6 Å². The van der Waals surface area contributed by atoms with Crippen LogP contribution >= 0.6 is 0 Å². The number of H-pyrrole nitrogens is 1. The lowest BCUT2D eigenvalue weighted by atomic mass is 10.0. The van der Waals surface area contributed by atoms with E-state index in [4.69, 9.17) is 0 Å². The van der Waals surface area contributed by atoms with Crippen molar-refractivity contribution in [2.45, 2.75) is 45.1 Å². The van der Waals surface area contributed by atoms with Crippen LogP contribution in [0.25, 0.3) is 0 Å². The quantitative estimate of drug-likeness (QED) is 0.938. The first-order chi connectivity index (χ1) is 12.3. The highest BCUT2D eigenvalue weighted by molar-refractivity contribution is 6.07. The molecule has 2 aliphatic heterocycles. The number of nitrogens with one attached hydrogen (secondary N) is 1. The minimum atomic E-state index is 0.0662. The number of aromatic amines is 1. The number of likely N-dealkylation sites (tertiary alicyclic amines) is 1. The minimum absolute atomic E-state index is 0.0662. The Hall–Kier alpha value is -2.14. The van der Waals surface area contributed by atoms with E-state index in [1.807, 2.05) is 4.90 Å². The van der Waals surface area contributed by atoms with E-state index in [-0.39, 0.29) is 5.91 Å². The van der Waals surface area contributed by atoms with Gasteiger partial charge < -0.3 is 4.90 Å². The molecule has 1 amide bonds. The van der Waals surface area contributed by atoms with Crippen molar-refractivity contribution in [3.63, 3.8) is 0 Å². The van der Waals surface area contributed by atoms with Gasteiger partial charge in [0.2, 0.25) is 0 Å². The number of aryl methyl sites for hydroxylation is 1. The van der Waals surface area contributed by atoms with E-state index in [9.17, 15) is 4.79 Å². The lowest BCUT2D eigenvalue weighted by Gasteiger charge is -2.19. The molecule has 0 atom stereocenters. The molecule has 1 aromatic carbocycles. The number of carbonyl (C=O) groups is 1. The number of hydrogen-bond acceptors (Lipinski definition) is 3. The van der Waals surface area contributed by atoms with E-state index >= 15 is 0 Å². The first-order valence-corrected chi connectivity index (χ1v) is 9.52. The van der Waals surface area contributed by atoms with Gasteiger partial charge in [0.1, 0.15) is 0 Å². The first-order valence-electron chi connectivity index (χ1n) is 9.52. The summed E-state index contributed by atoms with van der Waals surface area (Å²) in [5.74, 6) is 0.0662. The molecule has 0 spiro atoms. The molecule has 5 heteroatoms. The molecular weight excluding hydrogens is 312 g/mol. The Balaban J connectivity index is 1.43. The number of rotatable bonds is 3. The maximum absolute atomic E-state index is 13.1. The minimum Gasteiger partial charge on any atom is -0.306 e. The third-order valence-electron chi connectivity index (χ3n) is 5.97. The maximum Gasteiger partial charge on any atom is 0.279 e. The van der Waals surface area contributed by atoms with Gasteiger partial charge in [-0.2, -0.15) is 5.10 Å². The van der Waals surface area contributed by atoms with Crippen molar-refractivity contribution in [2.75, 3.05) is 24.5 Å². The Morgan fingerprint density at radius 3 is 2.80 bits per heavy atom. The molecule has 0 unspecified atom stereocenters. The summed E-state index contributed by atoms with van der Waals surface area (Å²) < 4.78 is 0. The average Bonchev–Trinajstić information content (AvgIpc) is 3.38. The molecule has 1 N–H and O–H groups in total. The molecule has 5 nitrogen and oxygen atoms in total. The van der Waals surface area contributed by atoms with E-state index in [0.29, 0.717) is 5.69 Å². The van der Waals surface area contributed by atoms with Crippen LogP contribution in [0.3, 0.4) is 0 Å². The van der Waals surface area contributed by atoms with Crippen molar-refractivity contribution >= 4 is 11.6 Å². The zero-order chi connectivity index (χ0) is 16.8. The highest BCUT2D eigenvalue weighted by Crippen LogP contribution is 2.34. The standard InChI is InChI=1S/C20H24N4O/c25-20(19-16-6-4-7-17(16)21-22-19)24-12-9-15-14(5-3-8-18(15)24)13-23-10-1-2-11-23/h3,5,8H,1-2,4,6-7,9-13H2,(H,21,22). The van der Waals surface area contributed by atoms with Crippen molar-refractivity contribution in [3.05, 3.63) is 46.3 Å². The molecule has 1 aliphatic carbocycles. The van der Waals surface area contributed by atoms with Crippen LogP contribution < -0.4 is 4.90 Å². The number of amides is 1. The van der Waals surface area contributed by atoms with E-state index in [0.717, 1.165) is 55.7 Å². The summed E-state index contributed by atoms with van der Waals surface area (Å²) in [4.78, 5) is 17.6. The van der Waals surface area contributed by atoms with Crippen molar-refractivity contribution in [1.29, 1.82) is 0 Å². The van der Waals surface area contributed by atoms with Crippen LogP contribution in [0.2, 0.25) is 0 Å². The molecule has 1 fully saturated rings. The van der Waals surface area contributed by atoms with Crippen molar-refractivity contribution in [3.8, 4) is 0 Å². The second-order valence-electron chi connectivity index (χ2n) is 7.49. The number of nitrogens with zero attached hydrogens (tertiary/aromatic N) is 3. The number of carbonyl (C=O) groups excluding carboxylic acids is 1. The Labute approximate surface area is 148 Å². The summed E-state index contributed by atoms with van der Waals surface area (Å²) in [6.45, 7) is 4.19. The normalized spacial score (nSPS) is 19.4. The SMILES string of the molecule is O=C(c1n[nH]c2c1CCC2)N1CCc2c(CN3CCCC3)cccc21. The summed E-state index contributed by atoms with van der Waals surface area (Å²) in [6, 6.07) is 6.43. The van der Waals surface area contributed by atoms with Gasteiger partial charge in [0, 0.05) is 30.0 Å². The third-order valence-corrected chi connectivity index (χ3v) is 5.97. The molecule has 130 valence electrons. The smallest absolute Gasteiger partial charge is 0.279 e. The van der Waals surface area contributed by atoms with Gasteiger partial charge >= 0.3 is 0 Å². The van der Waals surface area contributed by atoms with Crippen LogP contribution in [0.15, 0.2) is 18.2 Å². The molecule has 3 aliphatic rings. The zero-order valence-electron chi connectivity index (χ0n) is 14.6. The van der Waals surface area contributed by atoms with Gasteiger partial charge in [-0.25, -0.2) is 0 Å². The highest BCUT2D eigenvalue weighted by atomic mass is 16.2. The summed E-state index contributed by atoms with van der Waals surface area (Å²) in [5.41, 5.74) is 6.79. The van der Waals surface area contributed by atoms with Crippen molar-refractivity contribution in [2.24, 2.45) is 0 Å². The molecule has 1 saturated heterocycles.